The Balaban J connectivity index is 1.36. The molecule has 2 heterocycles. The van der Waals surface area contributed by atoms with E-state index in [-0.39, 0.29) is 17.2 Å². The van der Waals surface area contributed by atoms with Gasteiger partial charge in [-0.2, -0.15) is 0 Å². The van der Waals surface area contributed by atoms with E-state index >= 15 is 0 Å². The Labute approximate surface area is 224 Å². The van der Waals surface area contributed by atoms with Crippen molar-refractivity contribution in [3.8, 4) is 5.69 Å². The van der Waals surface area contributed by atoms with Crippen LogP contribution in [0.3, 0.4) is 0 Å². The first-order valence-corrected chi connectivity index (χ1v) is 14.4. The van der Waals surface area contributed by atoms with Gasteiger partial charge >= 0.3 is 0 Å². The number of thioether (sulfide) groups is 1. The van der Waals surface area contributed by atoms with E-state index in [4.69, 9.17) is 4.98 Å². The number of fused-ring (bicyclic) bond motifs is 4. The van der Waals surface area contributed by atoms with Crippen LogP contribution in [0.4, 0.5) is 5.69 Å². The Kier molecular flexibility index (Phi) is 6.41. The van der Waals surface area contributed by atoms with Crippen molar-refractivity contribution in [1.29, 1.82) is 0 Å². The highest BCUT2D eigenvalue weighted by atomic mass is 79.9. The Morgan fingerprint density at radius 3 is 2.67 bits per heavy atom. The van der Waals surface area contributed by atoms with Gasteiger partial charge in [0.05, 0.1) is 16.8 Å². The topological polar surface area (TPSA) is 64.0 Å². The summed E-state index contributed by atoms with van der Waals surface area (Å²) in [6.07, 6.45) is 4.18. The van der Waals surface area contributed by atoms with Gasteiger partial charge in [-0.3, -0.25) is 14.2 Å². The van der Waals surface area contributed by atoms with Crippen LogP contribution in [0.1, 0.15) is 23.3 Å². The monoisotopic (exact) mass is 575 g/mol. The van der Waals surface area contributed by atoms with Crippen molar-refractivity contribution >= 4 is 71.6 Å². The second-order valence-corrected chi connectivity index (χ2v) is 11.7. The number of hydrogen-bond acceptors (Lipinski definition) is 5. The van der Waals surface area contributed by atoms with Gasteiger partial charge in [0, 0.05) is 20.4 Å². The van der Waals surface area contributed by atoms with E-state index in [1.165, 1.54) is 16.6 Å². The van der Waals surface area contributed by atoms with Crippen molar-refractivity contribution in [2.24, 2.45) is 0 Å². The molecule has 0 saturated heterocycles. The molecular weight excluding hydrogens is 554 g/mol. The summed E-state index contributed by atoms with van der Waals surface area (Å²) >= 11 is 6.39. The number of aromatic nitrogens is 2. The summed E-state index contributed by atoms with van der Waals surface area (Å²) in [5.41, 5.74) is 2.62. The van der Waals surface area contributed by atoms with Crippen molar-refractivity contribution in [2.45, 2.75) is 30.8 Å². The van der Waals surface area contributed by atoms with Crippen LogP contribution < -0.4 is 10.9 Å². The Bertz CT molecular complexity index is 1670. The largest absolute Gasteiger partial charge is 0.325 e. The third-order valence-electron chi connectivity index (χ3n) is 6.44. The highest BCUT2D eigenvalue weighted by Gasteiger charge is 2.23. The molecule has 6 rings (SSSR count). The number of halogens is 1. The standard InChI is InChI=1S/C28H22BrN3O2S2/c29-18-12-14-19(15-13-18)32-27(34)25-21-9-3-4-11-23(21)36-26(25)31-28(32)35-16-24(33)30-22-10-5-7-17-6-1-2-8-20(17)22/h1-2,5-8,10,12-15H,3-4,9,11,16H2,(H,30,33). The van der Waals surface area contributed by atoms with E-state index in [1.807, 2.05) is 66.7 Å². The molecule has 0 fully saturated rings. The molecule has 1 aliphatic rings. The number of anilines is 1. The van der Waals surface area contributed by atoms with Crippen LogP contribution in [0, 0.1) is 0 Å². The number of carbonyl (C=O) groups is 1. The lowest BCUT2D eigenvalue weighted by atomic mass is 9.97. The second-order valence-electron chi connectivity index (χ2n) is 8.77. The zero-order valence-corrected chi connectivity index (χ0v) is 22.5. The maximum absolute atomic E-state index is 13.9. The number of rotatable bonds is 5. The molecule has 36 heavy (non-hydrogen) atoms. The van der Waals surface area contributed by atoms with E-state index in [2.05, 4.69) is 21.2 Å². The molecule has 1 amide bonds. The van der Waals surface area contributed by atoms with Gasteiger partial charge in [-0.05, 0) is 67.0 Å². The van der Waals surface area contributed by atoms with E-state index in [0.29, 0.717) is 5.16 Å². The van der Waals surface area contributed by atoms with Gasteiger partial charge in [0.1, 0.15) is 4.83 Å². The van der Waals surface area contributed by atoms with Crippen LogP contribution in [0.2, 0.25) is 0 Å². The minimum absolute atomic E-state index is 0.0568. The number of thiophene rings is 1. The quantitative estimate of drug-likeness (QED) is 0.181. The van der Waals surface area contributed by atoms with Gasteiger partial charge in [-0.1, -0.05) is 64.1 Å². The van der Waals surface area contributed by atoms with Gasteiger partial charge in [-0.25, -0.2) is 4.98 Å². The number of aryl methyl sites for hydroxylation is 2. The molecule has 0 saturated carbocycles. The first-order valence-electron chi connectivity index (χ1n) is 11.8. The Morgan fingerprint density at radius 1 is 1.03 bits per heavy atom. The van der Waals surface area contributed by atoms with Gasteiger partial charge in [0.25, 0.3) is 5.56 Å². The number of amides is 1. The van der Waals surface area contributed by atoms with Gasteiger partial charge in [-0.15, -0.1) is 11.3 Å². The smallest absolute Gasteiger partial charge is 0.267 e. The van der Waals surface area contributed by atoms with E-state index in [9.17, 15) is 9.59 Å². The number of hydrogen-bond donors (Lipinski definition) is 1. The van der Waals surface area contributed by atoms with E-state index in [0.717, 1.165) is 68.1 Å². The van der Waals surface area contributed by atoms with Crippen LogP contribution in [0.15, 0.2) is 81.2 Å². The van der Waals surface area contributed by atoms with Crippen LogP contribution >= 0.6 is 39.0 Å². The summed E-state index contributed by atoms with van der Waals surface area (Å²) in [4.78, 5) is 33.8. The zero-order chi connectivity index (χ0) is 24.6. The Hall–Kier alpha value is -2.94. The van der Waals surface area contributed by atoms with Gasteiger partial charge in [0.2, 0.25) is 5.91 Å². The van der Waals surface area contributed by atoms with Crippen molar-refractivity contribution < 1.29 is 4.79 Å². The molecule has 1 N–H and O–H groups in total. The molecule has 3 aromatic carbocycles. The number of carbonyl (C=O) groups excluding carboxylic acids is 1. The van der Waals surface area contributed by atoms with Crippen molar-refractivity contribution in [3.05, 3.63) is 92.0 Å². The summed E-state index contributed by atoms with van der Waals surface area (Å²) in [5.74, 6) is 0.00140. The normalized spacial score (nSPS) is 13.1. The minimum Gasteiger partial charge on any atom is -0.325 e. The van der Waals surface area contributed by atoms with Crippen molar-refractivity contribution in [3.63, 3.8) is 0 Å². The highest BCUT2D eigenvalue weighted by molar-refractivity contribution is 9.10. The second kappa shape index (κ2) is 9.84. The summed E-state index contributed by atoms with van der Waals surface area (Å²) in [6, 6.07) is 21.5. The fourth-order valence-corrected chi connectivity index (χ4v) is 7.13. The summed E-state index contributed by atoms with van der Waals surface area (Å²) in [7, 11) is 0. The first-order chi connectivity index (χ1) is 17.6. The number of nitrogens with one attached hydrogen (secondary N) is 1. The molecule has 5 nitrogen and oxygen atoms in total. The SMILES string of the molecule is O=C(CSc1nc2sc3c(c2c(=O)n1-c1ccc(Br)cc1)CCCC3)Nc1cccc2ccccc12. The van der Waals surface area contributed by atoms with Gasteiger partial charge < -0.3 is 5.32 Å². The molecular formula is C28H22BrN3O2S2. The lowest BCUT2D eigenvalue weighted by molar-refractivity contribution is -0.113. The average Bonchev–Trinajstić information content (AvgIpc) is 3.27. The van der Waals surface area contributed by atoms with Crippen LogP contribution in [-0.4, -0.2) is 21.2 Å². The predicted octanol–water partition coefficient (Wildman–Crippen LogP) is 6.97. The molecule has 0 unspecified atom stereocenters. The molecule has 0 atom stereocenters. The fraction of sp³-hybridized carbons (Fsp3) is 0.179. The lowest BCUT2D eigenvalue weighted by Crippen LogP contribution is -2.23. The van der Waals surface area contributed by atoms with Gasteiger partial charge in [0.15, 0.2) is 5.16 Å². The van der Waals surface area contributed by atoms with Crippen LogP contribution in [0.25, 0.3) is 26.7 Å². The lowest BCUT2D eigenvalue weighted by Gasteiger charge is -2.14. The first kappa shape index (κ1) is 23.5. The van der Waals surface area contributed by atoms with Crippen LogP contribution in [-0.2, 0) is 17.6 Å². The predicted molar refractivity (Wildman–Crippen MR) is 153 cm³/mol. The molecule has 8 heteroatoms. The number of nitrogens with zero attached hydrogens (tertiary/aromatic N) is 2. The average molecular weight is 577 g/mol. The molecule has 0 radical (unpaired) electrons. The zero-order valence-electron chi connectivity index (χ0n) is 19.3. The fourth-order valence-electron chi connectivity index (χ4n) is 4.75. The van der Waals surface area contributed by atoms with E-state index in [1.54, 1.807) is 15.9 Å². The van der Waals surface area contributed by atoms with Crippen molar-refractivity contribution in [2.75, 3.05) is 11.1 Å². The number of benzene rings is 3. The highest BCUT2D eigenvalue weighted by Crippen LogP contribution is 2.35. The maximum Gasteiger partial charge on any atom is 0.267 e. The van der Waals surface area contributed by atoms with E-state index < -0.39 is 0 Å². The maximum atomic E-state index is 13.9. The molecule has 1 aliphatic carbocycles. The summed E-state index contributed by atoms with van der Waals surface area (Å²) in [5, 5.41) is 6.37. The third-order valence-corrected chi connectivity index (χ3v) is 9.09. The molecule has 180 valence electrons. The molecule has 2 aromatic heterocycles. The summed E-state index contributed by atoms with van der Waals surface area (Å²) < 4.78 is 2.59. The molecule has 5 aromatic rings. The van der Waals surface area contributed by atoms with Crippen LogP contribution in [0.5, 0.6) is 0 Å². The minimum atomic E-state index is -0.140. The third kappa shape index (κ3) is 4.38. The summed E-state index contributed by atoms with van der Waals surface area (Å²) in [6.45, 7) is 0. The molecule has 0 bridgehead atoms. The molecule has 0 spiro atoms. The van der Waals surface area contributed by atoms with Crippen molar-refractivity contribution in [1.82, 2.24) is 9.55 Å². The molecule has 0 aliphatic heterocycles. The Morgan fingerprint density at radius 2 is 1.81 bits per heavy atom.